The number of hydrogen-bond donors (Lipinski definition) is 2. The molecule has 2 aliphatic carbocycles. The Morgan fingerprint density at radius 1 is 0.543 bits per heavy atom. The van der Waals surface area contributed by atoms with E-state index in [-0.39, 0.29) is 11.5 Å². The van der Waals surface area contributed by atoms with Crippen molar-refractivity contribution < 1.29 is 10.2 Å². The van der Waals surface area contributed by atoms with Crippen LogP contribution >= 0.6 is 0 Å². The van der Waals surface area contributed by atoms with Gasteiger partial charge in [-0.25, -0.2) is 0 Å². The van der Waals surface area contributed by atoms with Crippen LogP contribution in [0.4, 0.5) is 0 Å². The molecule has 2 aliphatic rings. The summed E-state index contributed by atoms with van der Waals surface area (Å²) in [6.45, 7) is 0. The average Bonchev–Trinajstić information content (AvgIpc) is 3.30. The van der Waals surface area contributed by atoms with Crippen molar-refractivity contribution in [2.45, 2.75) is 5.41 Å². The Morgan fingerprint density at radius 2 is 1.06 bits per heavy atom. The average molecular weight is 451 g/mol. The summed E-state index contributed by atoms with van der Waals surface area (Å²) < 4.78 is 0. The first-order valence-corrected chi connectivity index (χ1v) is 11.8. The van der Waals surface area contributed by atoms with Crippen LogP contribution in [0.3, 0.4) is 0 Å². The Bertz CT molecular complexity index is 1830. The van der Waals surface area contributed by atoms with E-state index in [4.69, 9.17) is 0 Å². The molecule has 2 N–H and O–H groups in total. The molecule has 5 aromatic carbocycles. The van der Waals surface area contributed by atoms with E-state index in [1.165, 1.54) is 26.8 Å². The zero-order valence-corrected chi connectivity index (χ0v) is 18.9. The van der Waals surface area contributed by atoms with Crippen LogP contribution < -0.4 is 10.4 Å². The fourth-order valence-corrected chi connectivity index (χ4v) is 6.10. The van der Waals surface area contributed by atoms with Crippen LogP contribution in [-0.4, -0.2) is 10.2 Å². The minimum absolute atomic E-state index is 0.202. The van der Waals surface area contributed by atoms with Gasteiger partial charge < -0.3 is 10.2 Å². The van der Waals surface area contributed by atoms with Crippen molar-refractivity contribution in [3.8, 4) is 11.5 Å². The number of allylic oxidation sites excluding steroid dienone is 4. The normalized spacial score (nSPS) is 15.5. The van der Waals surface area contributed by atoms with Gasteiger partial charge in [0.05, 0.1) is 5.41 Å². The molecule has 0 aliphatic heterocycles. The van der Waals surface area contributed by atoms with Crippen molar-refractivity contribution in [2.75, 3.05) is 0 Å². The Morgan fingerprint density at radius 3 is 1.69 bits per heavy atom. The quantitative estimate of drug-likeness (QED) is 0.332. The number of aromatic hydroxyl groups is 2. The van der Waals surface area contributed by atoms with Crippen molar-refractivity contribution in [3.05, 3.63) is 142 Å². The fourth-order valence-electron chi connectivity index (χ4n) is 6.10. The lowest BCUT2D eigenvalue weighted by Gasteiger charge is -2.37. The smallest absolute Gasteiger partial charge is 0.120 e. The van der Waals surface area contributed by atoms with Gasteiger partial charge in [-0.2, -0.15) is 0 Å². The molecule has 0 bridgehead atoms. The zero-order chi connectivity index (χ0) is 23.6. The van der Waals surface area contributed by atoms with E-state index < -0.39 is 5.41 Å². The second kappa shape index (κ2) is 7.22. The molecule has 7 rings (SSSR count). The van der Waals surface area contributed by atoms with E-state index in [2.05, 4.69) is 66.8 Å². The van der Waals surface area contributed by atoms with E-state index in [0.717, 1.165) is 27.5 Å². The highest BCUT2D eigenvalue weighted by Gasteiger charge is 2.43. The van der Waals surface area contributed by atoms with E-state index >= 15 is 0 Å². The number of phenolic OH excluding ortho intramolecular Hbond substituents is 2. The largest absolute Gasteiger partial charge is 0.508 e. The lowest BCUT2D eigenvalue weighted by Crippen LogP contribution is -2.36. The van der Waals surface area contributed by atoms with Crippen LogP contribution in [0.5, 0.6) is 11.5 Å². The molecular weight excluding hydrogens is 428 g/mol. The molecule has 2 heteroatoms. The molecule has 5 aromatic rings. The summed E-state index contributed by atoms with van der Waals surface area (Å²) in [6, 6.07) is 32.0. The van der Waals surface area contributed by atoms with E-state index in [0.29, 0.717) is 0 Å². The van der Waals surface area contributed by atoms with Crippen LogP contribution in [0.1, 0.15) is 11.1 Å². The fraction of sp³-hybridized carbons (Fsp3) is 0.0303. The molecule has 0 unspecified atom stereocenters. The van der Waals surface area contributed by atoms with Gasteiger partial charge in [-0.3, -0.25) is 0 Å². The number of rotatable bonds is 2. The predicted molar refractivity (Wildman–Crippen MR) is 143 cm³/mol. The van der Waals surface area contributed by atoms with Crippen molar-refractivity contribution in [3.63, 3.8) is 0 Å². The minimum Gasteiger partial charge on any atom is -0.508 e. The van der Waals surface area contributed by atoms with Gasteiger partial charge in [-0.05, 0) is 61.3 Å². The maximum absolute atomic E-state index is 11.2. The zero-order valence-electron chi connectivity index (χ0n) is 18.9. The standard InChI is InChI=1S/C33H22O2/c34-29-17-7-5-15-27(29)33(28-16-6-8-18-30(28)35)19-9-10-21-20-26-24-13-2-1-11-22(24)23-12-3-4-14-25(23)31(26)32(21)33/h1-20,34-35H. The highest BCUT2D eigenvalue weighted by Crippen LogP contribution is 2.52. The summed E-state index contributed by atoms with van der Waals surface area (Å²) in [5.74, 6) is 0.403. The van der Waals surface area contributed by atoms with Crippen molar-refractivity contribution >= 4 is 33.2 Å². The number of benzene rings is 5. The van der Waals surface area contributed by atoms with Gasteiger partial charge in [0, 0.05) is 11.1 Å². The molecule has 35 heavy (non-hydrogen) atoms. The molecule has 0 saturated heterocycles. The maximum atomic E-state index is 11.2. The predicted octanol–water partition coefficient (Wildman–Crippen LogP) is 5.83. The first kappa shape index (κ1) is 19.9. The molecule has 2 nitrogen and oxygen atoms in total. The molecule has 0 radical (unpaired) electrons. The Labute approximate surface area is 202 Å². The summed E-state index contributed by atoms with van der Waals surface area (Å²) in [4.78, 5) is 0. The third-order valence-electron chi connectivity index (χ3n) is 7.49. The lowest BCUT2D eigenvalue weighted by molar-refractivity contribution is 0.452. The molecule has 0 spiro atoms. The van der Waals surface area contributed by atoms with Crippen LogP contribution in [0.2, 0.25) is 0 Å². The molecule has 0 atom stereocenters. The number of fused-ring (bicyclic) bond motifs is 7. The summed E-state index contributed by atoms with van der Waals surface area (Å²) in [5, 5.41) is 29.5. The summed E-state index contributed by atoms with van der Waals surface area (Å²) in [6.07, 6.45) is 8.56. The Hall–Kier alpha value is -4.56. The third kappa shape index (κ3) is 2.59. The van der Waals surface area contributed by atoms with Crippen LogP contribution in [0.15, 0.2) is 121 Å². The van der Waals surface area contributed by atoms with E-state index in [9.17, 15) is 10.2 Å². The van der Waals surface area contributed by atoms with Crippen LogP contribution in [0, 0.1) is 0 Å². The Balaban J connectivity index is 1.79. The first-order valence-electron chi connectivity index (χ1n) is 11.8. The highest BCUT2D eigenvalue weighted by molar-refractivity contribution is 6.12. The maximum Gasteiger partial charge on any atom is 0.120 e. The van der Waals surface area contributed by atoms with Crippen molar-refractivity contribution in [2.24, 2.45) is 0 Å². The minimum atomic E-state index is -0.867. The summed E-state index contributed by atoms with van der Waals surface area (Å²) >= 11 is 0. The molecule has 0 saturated carbocycles. The number of phenols is 2. The lowest BCUT2D eigenvalue weighted by atomic mass is 9.64. The number of para-hydroxylation sites is 2. The van der Waals surface area contributed by atoms with Crippen LogP contribution in [-0.2, 0) is 5.41 Å². The van der Waals surface area contributed by atoms with Crippen molar-refractivity contribution in [1.29, 1.82) is 0 Å². The Kier molecular flexibility index (Phi) is 4.10. The van der Waals surface area contributed by atoms with Gasteiger partial charge in [-0.1, -0.05) is 103 Å². The van der Waals surface area contributed by atoms with E-state index in [1.54, 1.807) is 12.1 Å². The second-order valence-electron chi connectivity index (χ2n) is 9.22. The van der Waals surface area contributed by atoms with Gasteiger partial charge >= 0.3 is 0 Å². The summed E-state index contributed by atoms with van der Waals surface area (Å²) in [7, 11) is 0. The van der Waals surface area contributed by atoms with Gasteiger partial charge in [-0.15, -0.1) is 0 Å². The highest BCUT2D eigenvalue weighted by atomic mass is 16.3. The van der Waals surface area contributed by atoms with Gasteiger partial charge in [0.2, 0.25) is 0 Å². The molecule has 0 aromatic heterocycles. The van der Waals surface area contributed by atoms with Gasteiger partial charge in [0.25, 0.3) is 0 Å². The first-order chi connectivity index (χ1) is 17.2. The van der Waals surface area contributed by atoms with Crippen LogP contribution in [0.25, 0.3) is 33.2 Å². The molecular formula is C33H22O2. The van der Waals surface area contributed by atoms with Gasteiger partial charge in [0.1, 0.15) is 11.5 Å². The van der Waals surface area contributed by atoms with Crippen molar-refractivity contribution in [1.82, 2.24) is 0 Å². The second-order valence-corrected chi connectivity index (χ2v) is 9.22. The molecule has 0 amide bonds. The molecule has 166 valence electrons. The monoisotopic (exact) mass is 450 g/mol. The van der Waals surface area contributed by atoms with E-state index in [1.807, 2.05) is 42.5 Å². The summed E-state index contributed by atoms with van der Waals surface area (Å²) in [5.41, 5.74) is 2.80. The van der Waals surface area contributed by atoms with Gasteiger partial charge in [0.15, 0.2) is 0 Å². The topological polar surface area (TPSA) is 40.5 Å². The molecule has 0 heterocycles. The SMILES string of the molecule is Oc1ccccc1C1(c2ccccc2O)C=CC=C2C=c3c(c4ccccc4c4ccccc34)=C21. The number of hydrogen-bond acceptors (Lipinski definition) is 2. The third-order valence-corrected chi connectivity index (χ3v) is 7.49. The molecule has 0 fully saturated rings.